The van der Waals surface area contributed by atoms with E-state index in [9.17, 15) is 8.42 Å². The predicted octanol–water partition coefficient (Wildman–Crippen LogP) is 1.27. The maximum absolute atomic E-state index is 11.5. The van der Waals surface area contributed by atoms with E-state index in [1.807, 2.05) is 0 Å². The largest absolute Gasteiger partial charge is 0.312 e. The van der Waals surface area contributed by atoms with Crippen LogP contribution in [0.25, 0.3) is 0 Å². The molecule has 0 saturated carbocycles. The van der Waals surface area contributed by atoms with Gasteiger partial charge in [-0.2, -0.15) is 0 Å². The topological polar surface area (TPSA) is 49.4 Å². The molecule has 0 amide bonds. The van der Waals surface area contributed by atoms with E-state index in [2.05, 4.69) is 24.1 Å². The van der Waals surface area contributed by atoms with Gasteiger partial charge in [0, 0.05) is 18.6 Å². The third kappa shape index (κ3) is 4.17. The fraction of sp³-hybridized carbons (Fsp3) is 1.00. The van der Waals surface area contributed by atoms with Crippen molar-refractivity contribution in [3.05, 3.63) is 0 Å². The molecule has 2 rings (SSSR count). The molecule has 5 heteroatoms. The molecule has 112 valence electrons. The predicted molar refractivity (Wildman–Crippen MR) is 79.1 cm³/mol. The van der Waals surface area contributed by atoms with Gasteiger partial charge in [0.25, 0.3) is 0 Å². The molecule has 0 aromatic rings. The smallest absolute Gasteiger partial charge is 0.150 e. The molecule has 0 aromatic heterocycles. The Morgan fingerprint density at radius 2 is 2.00 bits per heavy atom. The van der Waals surface area contributed by atoms with Crippen LogP contribution in [0.4, 0.5) is 0 Å². The molecule has 2 atom stereocenters. The summed E-state index contributed by atoms with van der Waals surface area (Å²) in [6, 6.07) is 1.04. The second kappa shape index (κ2) is 6.55. The van der Waals surface area contributed by atoms with Crippen LogP contribution in [0.2, 0.25) is 0 Å². The lowest BCUT2D eigenvalue weighted by molar-refractivity contribution is 0.166. The molecule has 2 aliphatic rings. The Bertz CT molecular complexity index is 369. The highest BCUT2D eigenvalue weighted by molar-refractivity contribution is 7.91. The summed E-state index contributed by atoms with van der Waals surface area (Å²) in [5.74, 6) is 1.46. The lowest BCUT2D eigenvalue weighted by Crippen LogP contribution is -2.47. The van der Waals surface area contributed by atoms with E-state index in [4.69, 9.17) is 0 Å². The SMILES string of the molecule is CCC(C)C1CN(C2CCS(=O)(=O)CC2)CCCN1. The normalized spacial score (nSPS) is 31.8. The van der Waals surface area contributed by atoms with Crippen LogP contribution in [0, 0.1) is 5.92 Å². The lowest BCUT2D eigenvalue weighted by atomic mass is 9.98. The Labute approximate surface area is 117 Å². The van der Waals surface area contributed by atoms with Crippen molar-refractivity contribution in [3.8, 4) is 0 Å². The van der Waals surface area contributed by atoms with Crippen LogP contribution >= 0.6 is 0 Å². The fourth-order valence-electron chi connectivity index (χ4n) is 3.22. The number of rotatable bonds is 3. The van der Waals surface area contributed by atoms with Crippen molar-refractivity contribution >= 4 is 9.84 Å². The average Bonchev–Trinajstić information content (AvgIpc) is 2.63. The van der Waals surface area contributed by atoms with Crippen LogP contribution in [0.1, 0.15) is 39.5 Å². The summed E-state index contributed by atoms with van der Waals surface area (Å²) < 4.78 is 23.1. The second-order valence-electron chi connectivity index (χ2n) is 6.18. The highest BCUT2D eigenvalue weighted by Gasteiger charge is 2.31. The molecule has 0 radical (unpaired) electrons. The van der Waals surface area contributed by atoms with Gasteiger partial charge in [-0.25, -0.2) is 8.42 Å². The number of hydrogen-bond donors (Lipinski definition) is 1. The molecule has 0 spiro atoms. The molecule has 2 unspecified atom stereocenters. The van der Waals surface area contributed by atoms with Gasteiger partial charge in [-0.1, -0.05) is 20.3 Å². The minimum absolute atomic E-state index is 0.385. The first-order valence-corrected chi connectivity index (χ1v) is 9.52. The standard InChI is InChI=1S/C14H28N2O2S/c1-3-12(2)14-11-16(8-4-7-15-14)13-5-9-19(17,18)10-6-13/h12-15H,3-11H2,1-2H3. The van der Waals surface area contributed by atoms with E-state index < -0.39 is 9.84 Å². The van der Waals surface area contributed by atoms with E-state index >= 15 is 0 Å². The first-order valence-electron chi connectivity index (χ1n) is 7.69. The summed E-state index contributed by atoms with van der Waals surface area (Å²) in [6.07, 6.45) is 4.03. The zero-order valence-corrected chi connectivity index (χ0v) is 13.1. The van der Waals surface area contributed by atoms with Crippen molar-refractivity contribution < 1.29 is 8.42 Å². The minimum Gasteiger partial charge on any atom is -0.312 e. The van der Waals surface area contributed by atoms with Crippen LogP contribution in [0.15, 0.2) is 0 Å². The average molecular weight is 288 g/mol. The lowest BCUT2D eigenvalue weighted by Gasteiger charge is -2.36. The van der Waals surface area contributed by atoms with Crippen molar-refractivity contribution in [2.45, 2.75) is 51.6 Å². The molecule has 0 aromatic carbocycles. The maximum Gasteiger partial charge on any atom is 0.150 e. The Hall–Kier alpha value is -0.130. The van der Waals surface area contributed by atoms with Crippen LogP contribution in [-0.2, 0) is 9.84 Å². The summed E-state index contributed by atoms with van der Waals surface area (Å²) in [6.45, 7) is 7.85. The number of nitrogens with zero attached hydrogens (tertiary/aromatic N) is 1. The summed E-state index contributed by atoms with van der Waals surface area (Å²) in [5, 5.41) is 3.66. The van der Waals surface area contributed by atoms with Gasteiger partial charge in [-0.3, -0.25) is 4.90 Å². The molecule has 4 nitrogen and oxygen atoms in total. The Kier molecular flexibility index (Phi) is 5.26. The molecule has 2 saturated heterocycles. The molecule has 0 bridgehead atoms. The summed E-state index contributed by atoms with van der Waals surface area (Å²) in [5.41, 5.74) is 0. The van der Waals surface area contributed by atoms with E-state index in [0.717, 1.165) is 32.5 Å². The Morgan fingerprint density at radius 1 is 1.32 bits per heavy atom. The molecular formula is C14H28N2O2S. The van der Waals surface area contributed by atoms with Gasteiger partial charge in [0.1, 0.15) is 9.84 Å². The maximum atomic E-state index is 11.5. The van der Waals surface area contributed by atoms with Crippen molar-refractivity contribution in [1.82, 2.24) is 10.2 Å². The first kappa shape index (κ1) is 15.3. The molecule has 2 aliphatic heterocycles. The third-order valence-electron chi connectivity index (χ3n) is 4.83. The summed E-state index contributed by atoms with van der Waals surface area (Å²) >= 11 is 0. The van der Waals surface area contributed by atoms with Crippen LogP contribution in [0.3, 0.4) is 0 Å². The number of sulfone groups is 1. The van der Waals surface area contributed by atoms with Crippen molar-refractivity contribution in [2.75, 3.05) is 31.1 Å². The van der Waals surface area contributed by atoms with E-state index in [1.54, 1.807) is 0 Å². The van der Waals surface area contributed by atoms with Crippen LogP contribution in [0.5, 0.6) is 0 Å². The highest BCUT2D eigenvalue weighted by atomic mass is 32.2. The Morgan fingerprint density at radius 3 is 2.63 bits per heavy atom. The van der Waals surface area contributed by atoms with Gasteiger partial charge in [0.05, 0.1) is 11.5 Å². The van der Waals surface area contributed by atoms with Gasteiger partial charge >= 0.3 is 0 Å². The van der Waals surface area contributed by atoms with E-state index in [0.29, 0.717) is 29.5 Å². The van der Waals surface area contributed by atoms with Crippen LogP contribution < -0.4 is 5.32 Å². The van der Waals surface area contributed by atoms with Crippen molar-refractivity contribution in [2.24, 2.45) is 5.92 Å². The molecule has 2 fully saturated rings. The van der Waals surface area contributed by atoms with Crippen molar-refractivity contribution in [3.63, 3.8) is 0 Å². The van der Waals surface area contributed by atoms with Gasteiger partial charge in [-0.15, -0.1) is 0 Å². The summed E-state index contributed by atoms with van der Waals surface area (Å²) in [7, 11) is -2.74. The molecule has 19 heavy (non-hydrogen) atoms. The highest BCUT2D eigenvalue weighted by Crippen LogP contribution is 2.21. The molecule has 2 heterocycles. The van der Waals surface area contributed by atoms with E-state index in [1.165, 1.54) is 12.8 Å². The molecule has 0 aliphatic carbocycles. The third-order valence-corrected chi connectivity index (χ3v) is 6.55. The quantitative estimate of drug-likeness (QED) is 0.850. The van der Waals surface area contributed by atoms with Gasteiger partial charge in [0.15, 0.2) is 0 Å². The zero-order chi connectivity index (χ0) is 13.9. The Balaban J connectivity index is 1.95. The fourth-order valence-corrected chi connectivity index (χ4v) is 4.68. The number of hydrogen-bond acceptors (Lipinski definition) is 4. The first-order chi connectivity index (χ1) is 9.02. The minimum atomic E-state index is -2.74. The summed E-state index contributed by atoms with van der Waals surface area (Å²) in [4.78, 5) is 2.55. The van der Waals surface area contributed by atoms with Crippen LogP contribution in [-0.4, -0.2) is 56.5 Å². The van der Waals surface area contributed by atoms with Gasteiger partial charge in [0.2, 0.25) is 0 Å². The zero-order valence-electron chi connectivity index (χ0n) is 12.3. The number of nitrogens with one attached hydrogen (secondary N) is 1. The van der Waals surface area contributed by atoms with E-state index in [-0.39, 0.29) is 0 Å². The van der Waals surface area contributed by atoms with Gasteiger partial charge in [-0.05, 0) is 38.3 Å². The second-order valence-corrected chi connectivity index (χ2v) is 8.48. The van der Waals surface area contributed by atoms with Gasteiger partial charge < -0.3 is 5.32 Å². The molecule has 1 N–H and O–H groups in total. The molecular weight excluding hydrogens is 260 g/mol. The monoisotopic (exact) mass is 288 g/mol. The van der Waals surface area contributed by atoms with Crippen molar-refractivity contribution in [1.29, 1.82) is 0 Å².